The molecule has 1 saturated carbocycles. The van der Waals surface area contributed by atoms with Crippen molar-refractivity contribution in [3.8, 4) is 5.75 Å². The van der Waals surface area contributed by atoms with E-state index in [1.807, 2.05) is 35.2 Å². The average Bonchev–Trinajstić information content (AvgIpc) is 3.71. The number of carbonyl (C=O) groups excluding carboxylic acids is 2. The molecular weight excluding hydrogens is 499 g/mol. The molecule has 2 aromatic heterocycles. The Morgan fingerprint density at radius 3 is 2.82 bits per heavy atom. The summed E-state index contributed by atoms with van der Waals surface area (Å²) in [4.78, 5) is 35.8. The van der Waals surface area contributed by atoms with E-state index in [0.717, 1.165) is 41.5 Å². The van der Waals surface area contributed by atoms with Gasteiger partial charge in [-0.25, -0.2) is 9.37 Å². The van der Waals surface area contributed by atoms with Crippen LogP contribution in [-0.4, -0.2) is 33.2 Å². The van der Waals surface area contributed by atoms with Gasteiger partial charge in [-0.05, 0) is 71.8 Å². The third-order valence-corrected chi connectivity index (χ3v) is 7.04. The zero-order valence-corrected chi connectivity index (χ0v) is 21.2. The van der Waals surface area contributed by atoms with Gasteiger partial charge in [0.2, 0.25) is 11.8 Å². The molecule has 2 amide bonds. The van der Waals surface area contributed by atoms with Gasteiger partial charge in [0.15, 0.2) is 12.3 Å². The zero-order valence-electron chi connectivity index (χ0n) is 21.2. The molecule has 6 rings (SSSR count). The van der Waals surface area contributed by atoms with Crippen molar-refractivity contribution in [1.82, 2.24) is 20.2 Å². The van der Waals surface area contributed by atoms with Gasteiger partial charge in [-0.2, -0.15) is 0 Å². The Bertz CT molecular complexity index is 1500. The molecule has 1 fully saturated rings. The first kappa shape index (κ1) is 24.8. The maximum atomic E-state index is 14.2. The number of amides is 2. The van der Waals surface area contributed by atoms with Crippen LogP contribution >= 0.6 is 0 Å². The molecule has 0 unspecified atom stereocenters. The average molecular weight is 527 g/mol. The molecule has 0 saturated heterocycles. The van der Waals surface area contributed by atoms with E-state index in [1.54, 1.807) is 24.5 Å². The molecule has 4 aromatic rings. The molecule has 198 valence electrons. The van der Waals surface area contributed by atoms with E-state index >= 15 is 0 Å². The summed E-state index contributed by atoms with van der Waals surface area (Å²) in [5.41, 5.74) is 3.78. The van der Waals surface area contributed by atoms with E-state index < -0.39 is 6.04 Å². The Morgan fingerprint density at radius 2 is 2.03 bits per heavy atom. The van der Waals surface area contributed by atoms with Crippen molar-refractivity contribution < 1.29 is 23.1 Å². The topological polar surface area (TPSA) is 97.6 Å². The Balaban J connectivity index is 1.17. The van der Waals surface area contributed by atoms with Crippen LogP contribution in [0.4, 0.5) is 4.39 Å². The Kier molecular flexibility index (Phi) is 6.79. The van der Waals surface area contributed by atoms with Crippen LogP contribution in [-0.2, 0) is 24.4 Å². The van der Waals surface area contributed by atoms with Crippen molar-refractivity contribution in [2.45, 2.75) is 38.5 Å². The summed E-state index contributed by atoms with van der Waals surface area (Å²) in [7, 11) is 0. The fourth-order valence-electron chi connectivity index (χ4n) is 4.92. The van der Waals surface area contributed by atoms with Gasteiger partial charge in [0.1, 0.15) is 17.8 Å². The summed E-state index contributed by atoms with van der Waals surface area (Å²) in [6, 6.07) is 15.5. The first-order chi connectivity index (χ1) is 19.0. The monoisotopic (exact) mass is 526 g/mol. The Labute approximate surface area is 224 Å². The highest BCUT2D eigenvalue weighted by atomic mass is 19.1. The second kappa shape index (κ2) is 10.7. The maximum absolute atomic E-state index is 14.2. The molecule has 0 bridgehead atoms. The first-order valence-electron chi connectivity index (χ1n) is 13.0. The number of rotatable bonds is 8. The van der Waals surface area contributed by atoms with Crippen LogP contribution < -0.4 is 10.1 Å². The van der Waals surface area contributed by atoms with Gasteiger partial charge in [0.25, 0.3) is 5.91 Å². The number of nitrogens with zero attached hydrogens (tertiary/aromatic N) is 3. The number of halogens is 1. The van der Waals surface area contributed by atoms with Crippen molar-refractivity contribution in [2.75, 3.05) is 6.54 Å². The molecule has 0 radical (unpaired) electrons. The molecule has 39 heavy (non-hydrogen) atoms. The molecule has 2 aromatic carbocycles. The third-order valence-electron chi connectivity index (χ3n) is 7.04. The lowest BCUT2D eigenvalue weighted by Gasteiger charge is -2.38. The number of pyridine rings is 1. The minimum atomic E-state index is -0.391. The van der Waals surface area contributed by atoms with Crippen molar-refractivity contribution in [1.29, 1.82) is 0 Å². The largest absolute Gasteiger partial charge is 0.484 e. The number of fused-ring (bicyclic) bond motifs is 1. The lowest BCUT2D eigenvalue weighted by atomic mass is 9.87. The van der Waals surface area contributed by atoms with Crippen molar-refractivity contribution in [3.05, 3.63) is 113 Å². The van der Waals surface area contributed by atoms with Gasteiger partial charge in [-0.3, -0.25) is 14.6 Å². The number of benzene rings is 2. The van der Waals surface area contributed by atoms with Crippen LogP contribution in [0.2, 0.25) is 0 Å². The van der Waals surface area contributed by atoms with E-state index in [4.69, 9.17) is 9.15 Å². The van der Waals surface area contributed by atoms with E-state index in [9.17, 15) is 14.0 Å². The summed E-state index contributed by atoms with van der Waals surface area (Å²) in [6.07, 6.45) is 7.17. The second-order valence-electron chi connectivity index (χ2n) is 9.83. The fraction of sp³-hybridized carbons (Fsp3) is 0.267. The van der Waals surface area contributed by atoms with Crippen LogP contribution in [0.1, 0.15) is 57.5 Å². The van der Waals surface area contributed by atoms with Crippen molar-refractivity contribution >= 4 is 11.8 Å². The van der Waals surface area contributed by atoms with Crippen LogP contribution in [0.3, 0.4) is 0 Å². The third kappa shape index (κ3) is 5.52. The molecule has 1 atom stereocenters. The maximum Gasteiger partial charge on any atom is 0.273 e. The van der Waals surface area contributed by atoms with Gasteiger partial charge in [0.05, 0.1) is 6.04 Å². The van der Waals surface area contributed by atoms with Crippen LogP contribution in [0.5, 0.6) is 5.75 Å². The zero-order chi connectivity index (χ0) is 26.8. The smallest absolute Gasteiger partial charge is 0.273 e. The summed E-state index contributed by atoms with van der Waals surface area (Å²) >= 11 is 0. The Morgan fingerprint density at radius 1 is 1.13 bits per heavy atom. The second-order valence-corrected chi connectivity index (χ2v) is 9.83. The van der Waals surface area contributed by atoms with Crippen molar-refractivity contribution in [2.24, 2.45) is 5.92 Å². The number of oxazole rings is 1. The highest BCUT2D eigenvalue weighted by Crippen LogP contribution is 2.41. The fourth-order valence-corrected chi connectivity index (χ4v) is 4.92. The van der Waals surface area contributed by atoms with E-state index in [2.05, 4.69) is 15.3 Å². The number of aromatic nitrogens is 2. The minimum absolute atomic E-state index is 0.0179. The highest BCUT2D eigenvalue weighted by Gasteiger charge is 2.39. The number of nitrogens with one attached hydrogen (secondary N) is 1. The van der Waals surface area contributed by atoms with Gasteiger partial charge < -0.3 is 19.4 Å². The van der Waals surface area contributed by atoms with E-state index in [-0.39, 0.29) is 41.7 Å². The molecule has 8 nitrogen and oxygen atoms in total. The molecule has 3 heterocycles. The van der Waals surface area contributed by atoms with Gasteiger partial charge in [-0.1, -0.05) is 24.3 Å². The van der Waals surface area contributed by atoms with Crippen molar-refractivity contribution in [3.63, 3.8) is 0 Å². The molecule has 2 aliphatic rings. The van der Waals surface area contributed by atoms with E-state index in [0.29, 0.717) is 18.8 Å². The number of carbonyl (C=O) groups is 2. The van der Waals surface area contributed by atoms with Gasteiger partial charge in [-0.15, -0.1) is 0 Å². The lowest BCUT2D eigenvalue weighted by molar-refractivity contribution is -0.134. The highest BCUT2D eigenvalue weighted by molar-refractivity contribution is 5.91. The molecule has 9 heteroatoms. The quantitative estimate of drug-likeness (QED) is 0.360. The standard InChI is InChI=1S/C30H27FN4O4/c31-23-5-1-4-22(13-23)28-25-14-24(9-8-20(25)10-12-35(28)30(37)21-6-7-21)38-18-27-34-26(17-39-27)29(36)33-16-19-3-2-11-32-15-19/h1-5,8-9,11,13-15,17,21,28H,6-7,10,12,16,18H2,(H,33,36)/t28-/m1/s1. The van der Waals surface area contributed by atoms with Crippen LogP contribution in [0.15, 0.2) is 77.7 Å². The lowest BCUT2D eigenvalue weighted by Crippen LogP contribution is -2.41. The summed E-state index contributed by atoms with van der Waals surface area (Å²) < 4.78 is 25.6. The first-order valence-corrected chi connectivity index (χ1v) is 13.0. The van der Waals surface area contributed by atoms with Gasteiger partial charge in [0, 0.05) is 31.4 Å². The van der Waals surface area contributed by atoms with Gasteiger partial charge >= 0.3 is 0 Å². The summed E-state index contributed by atoms with van der Waals surface area (Å²) in [5.74, 6) is 0.303. The van der Waals surface area contributed by atoms with E-state index in [1.165, 1.54) is 18.4 Å². The van der Waals surface area contributed by atoms with Crippen LogP contribution in [0.25, 0.3) is 0 Å². The molecule has 0 spiro atoms. The molecular formula is C30H27FN4O4. The van der Waals surface area contributed by atoms with Crippen LogP contribution in [0, 0.1) is 11.7 Å². The predicted molar refractivity (Wildman–Crippen MR) is 139 cm³/mol. The Hall–Kier alpha value is -4.53. The number of hydrogen-bond donors (Lipinski definition) is 1. The number of ether oxygens (including phenoxy) is 1. The predicted octanol–water partition coefficient (Wildman–Crippen LogP) is 4.60. The SMILES string of the molecule is O=C(NCc1cccnc1)c1coc(COc2ccc3c(c2)[C@@H](c2cccc(F)c2)N(C(=O)C2CC2)CC3)n1. The molecule has 1 aliphatic carbocycles. The summed E-state index contributed by atoms with van der Waals surface area (Å²) in [6.45, 7) is 0.933. The molecule has 1 aliphatic heterocycles. The minimum Gasteiger partial charge on any atom is -0.484 e. The summed E-state index contributed by atoms with van der Waals surface area (Å²) in [5, 5.41) is 2.79. The normalized spacial score (nSPS) is 16.4. The molecule has 1 N–H and O–H groups in total. The number of hydrogen-bond acceptors (Lipinski definition) is 6.